The molecule has 0 aromatic carbocycles. The Morgan fingerprint density at radius 2 is 2.14 bits per heavy atom. The van der Waals surface area contributed by atoms with Gasteiger partial charge in [-0.05, 0) is 33.6 Å². The molecule has 4 unspecified atom stereocenters. The third-order valence-electron chi connectivity index (χ3n) is 4.06. The number of esters is 3. The molecule has 1 heterocycles. The molecule has 2 bridgehead atoms. The van der Waals surface area contributed by atoms with Gasteiger partial charge in [0.1, 0.15) is 11.7 Å². The van der Waals surface area contributed by atoms with Crippen molar-refractivity contribution >= 4 is 17.9 Å². The lowest BCUT2D eigenvalue weighted by atomic mass is 9.80. The van der Waals surface area contributed by atoms with Gasteiger partial charge in [-0.3, -0.25) is 4.79 Å². The standard InChI is InChI=1S/C15H20O6/c1-8(2)12(16)19-9(3)13(17)21-15(4)6-5-10-7-11(15)20-14(10)18/h9-11H,1,5-7H2,2-4H3. The van der Waals surface area contributed by atoms with E-state index in [2.05, 4.69) is 6.58 Å². The maximum atomic E-state index is 12.1. The summed E-state index contributed by atoms with van der Waals surface area (Å²) in [6.07, 6.45) is 0.320. The summed E-state index contributed by atoms with van der Waals surface area (Å²) in [6.45, 7) is 8.14. The summed E-state index contributed by atoms with van der Waals surface area (Å²) in [4.78, 5) is 35.0. The van der Waals surface area contributed by atoms with Gasteiger partial charge in [0, 0.05) is 12.0 Å². The second-order valence-electron chi connectivity index (χ2n) is 5.96. The van der Waals surface area contributed by atoms with Crippen LogP contribution in [0.25, 0.3) is 0 Å². The van der Waals surface area contributed by atoms with Crippen molar-refractivity contribution < 1.29 is 28.6 Å². The van der Waals surface area contributed by atoms with Crippen molar-refractivity contribution in [1.29, 1.82) is 0 Å². The second kappa shape index (κ2) is 5.50. The third-order valence-corrected chi connectivity index (χ3v) is 4.06. The zero-order valence-electron chi connectivity index (χ0n) is 12.5. The van der Waals surface area contributed by atoms with Crippen LogP contribution in [-0.2, 0) is 28.6 Å². The quantitative estimate of drug-likeness (QED) is 0.444. The molecule has 21 heavy (non-hydrogen) atoms. The summed E-state index contributed by atoms with van der Waals surface area (Å²) in [5.74, 6) is -1.59. The number of carbonyl (C=O) groups is 3. The average Bonchev–Trinajstić information content (AvgIpc) is 2.73. The number of ether oxygens (including phenoxy) is 3. The number of hydrogen-bond donors (Lipinski definition) is 0. The van der Waals surface area contributed by atoms with Crippen molar-refractivity contribution in [1.82, 2.24) is 0 Å². The molecule has 6 heteroatoms. The Kier molecular flexibility index (Phi) is 4.07. The molecule has 1 aliphatic carbocycles. The molecule has 6 nitrogen and oxygen atoms in total. The average molecular weight is 296 g/mol. The Bertz CT molecular complexity index is 496. The van der Waals surface area contributed by atoms with Crippen LogP contribution in [0.3, 0.4) is 0 Å². The van der Waals surface area contributed by atoms with Crippen LogP contribution in [0.15, 0.2) is 12.2 Å². The van der Waals surface area contributed by atoms with Crippen molar-refractivity contribution in [3.8, 4) is 0 Å². The summed E-state index contributed by atoms with van der Waals surface area (Å²) < 4.78 is 15.7. The molecule has 0 spiro atoms. The highest BCUT2D eigenvalue weighted by atomic mass is 16.6. The first-order valence-corrected chi connectivity index (χ1v) is 7.03. The fourth-order valence-corrected chi connectivity index (χ4v) is 2.61. The molecule has 1 saturated heterocycles. The van der Waals surface area contributed by atoms with Gasteiger partial charge in [0.15, 0.2) is 6.10 Å². The van der Waals surface area contributed by atoms with Crippen LogP contribution < -0.4 is 0 Å². The third kappa shape index (κ3) is 3.09. The van der Waals surface area contributed by atoms with Crippen LogP contribution in [0.2, 0.25) is 0 Å². The maximum absolute atomic E-state index is 12.1. The Hall–Kier alpha value is -1.85. The smallest absolute Gasteiger partial charge is 0.347 e. The van der Waals surface area contributed by atoms with Crippen molar-refractivity contribution in [3.05, 3.63) is 12.2 Å². The first-order chi connectivity index (χ1) is 9.73. The van der Waals surface area contributed by atoms with E-state index < -0.39 is 29.7 Å². The second-order valence-corrected chi connectivity index (χ2v) is 5.96. The summed E-state index contributed by atoms with van der Waals surface area (Å²) in [5.41, 5.74) is -0.644. The van der Waals surface area contributed by atoms with Crippen molar-refractivity contribution in [2.75, 3.05) is 0 Å². The number of carbonyl (C=O) groups excluding carboxylic acids is 3. The molecular formula is C15H20O6. The summed E-state index contributed by atoms with van der Waals surface area (Å²) >= 11 is 0. The molecule has 0 amide bonds. The van der Waals surface area contributed by atoms with Gasteiger partial charge in [-0.25, -0.2) is 9.59 Å². The van der Waals surface area contributed by atoms with Gasteiger partial charge in [0.2, 0.25) is 0 Å². The Morgan fingerprint density at radius 1 is 1.48 bits per heavy atom. The first kappa shape index (κ1) is 15.5. The van der Waals surface area contributed by atoms with E-state index in [4.69, 9.17) is 14.2 Å². The van der Waals surface area contributed by atoms with E-state index >= 15 is 0 Å². The molecular weight excluding hydrogens is 276 g/mol. The van der Waals surface area contributed by atoms with Gasteiger partial charge in [-0.1, -0.05) is 6.58 Å². The monoisotopic (exact) mass is 296 g/mol. The van der Waals surface area contributed by atoms with E-state index in [1.54, 1.807) is 6.92 Å². The lowest BCUT2D eigenvalue weighted by Crippen LogP contribution is -2.47. The molecule has 1 aliphatic heterocycles. The van der Waals surface area contributed by atoms with Crippen LogP contribution in [-0.4, -0.2) is 35.7 Å². The van der Waals surface area contributed by atoms with Gasteiger partial charge in [0.05, 0.1) is 5.92 Å². The SMILES string of the molecule is C=C(C)C(=O)OC(C)C(=O)OC1(C)CCC2CC1OC2=O. The van der Waals surface area contributed by atoms with Crippen molar-refractivity contribution in [2.24, 2.45) is 5.92 Å². The van der Waals surface area contributed by atoms with E-state index in [0.29, 0.717) is 19.3 Å². The molecule has 4 atom stereocenters. The summed E-state index contributed by atoms with van der Waals surface area (Å²) in [5, 5.41) is 0. The molecule has 2 rings (SSSR count). The van der Waals surface area contributed by atoms with Gasteiger partial charge >= 0.3 is 17.9 Å². The highest BCUT2D eigenvalue weighted by Crippen LogP contribution is 2.42. The largest absolute Gasteiger partial charge is 0.458 e. The van der Waals surface area contributed by atoms with Crippen molar-refractivity contribution in [3.63, 3.8) is 0 Å². The van der Waals surface area contributed by atoms with Crippen LogP contribution in [0.1, 0.15) is 40.0 Å². The van der Waals surface area contributed by atoms with E-state index in [9.17, 15) is 14.4 Å². The molecule has 0 radical (unpaired) electrons. The molecule has 0 aromatic heterocycles. The zero-order valence-corrected chi connectivity index (χ0v) is 12.5. The van der Waals surface area contributed by atoms with Gasteiger partial charge in [-0.15, -0.1) is 0 Å². The molecule has 0 N–H and O–H groups in total. The fourth-order valence-electron chi connectivity index (χ4n) is 2.61. The normalized spacial score (nSPS) is 32.0. The molecule has 116 valence electrons. The predicted molar refractivity (Wildman–Crippen MR) is 72.1 cm³/mol. The van der Waals surface area contributed by atoms with Gasteiger partial charge in [-0.2, -0.15) is 0 Å². The summed E-state index contributed by atoms with van der Waals surface area (Å²) in [6, 6.07) is 0. The predicted octanol–water partition coefficient (Wildman–Crippen LogP) is 1.52. The molecule has 0 aromatic rings. The van der Waals surface area contributed by atoms with Crippen LogP contribution in [0.4, 0.5) is 0 Å². The van der Waals surface area contributed by atoms with Crippen LogP contribution >= 0.6 is 0 Å². The molecule has 2 aliphatic rings. The maximum Gasteiger partial charge on any atom is 0.347 e. The van der Waals surface area contributed by atoms with E-state index in [1.807, 2.05) is 0 Å². The topological polar surface area (TPSA) is 78.9 Å². The lowest BCUT2D eigenvalue weighted by molar-refractivity contribution is -0.188. The minimum atomic E-state index is -1.03. The fraction of sp³-hybridized carbons (Fsp3) is 0.667. The highest BCUT2D eigenvalue weighted by molar-refractivity contribution is 5.89. The lowest BCUT2D eigenvalue weighted by Gasteiger charge is -2.36. The van der Waals surface area contributed by atoms with Crippen LogP contribution in [0, 0.1) is 5.92 Å². The van der Waals surface area contributed by atoms with E-state index in [1.165, 1.54) is 13.8 Å². The zero-order chi connectivity index (χ0) is 15.8. The minimum absolute atomic E-state index is 0.0829. The minimum Gasteiger partial charge on any atom is -0.458 e. The first-order valence-electron chi connectivity index (χ1n) is 7.03. The number of rotatable bonds is 4. The van der Waals surface area contributed by atoms with Gasteiger partial charge in [0.25, 0.3) is 0 Å². The van der Waals surface area contributed by atoms with Crippen LogP contribution in [0.5, 0.6) is 0 Å². The highest BCUT2D eigenvalue weighted by Gasteiger charge is 2.52. The number of fused-ring (bicyclic) bond motifs is 2. The van der Waals surface area contributed by atoms with E-state index in [0.717, 1.165) is 0 Å². The number of hydrogen-bond acceptors (Lipinski definition) is 6. The molecule has 2 fully saturated rings. The van der Waals surface area contributed by atoms with E-state index in [-0.39, 0.29) is 17.5 Å². The Morgan fingerprint density at radius 3 is 2.76 bits per heavy atom. The van der Waals surface area contributed by atoms with Crippen molar-refractivity contribution in [2.45, 2.75) is 57.8 Å². The van der Waals surface area contributed by atoms with Gasteiger partial charge < -0.3 is 14.2 Å². The Balaban J connectivity index is 1.97. The summed E-state index contributed by atoms with van der Waals surface area (Å²) in [7, 11) is 0. The molecule has 1 saturated carbocycles. The Labute approximate surface area is 123 Å².